The summed E-state index contributed by atoms with van der Waals surface area (Å²) in [5, 5.41) is 3.53. The van der Waals surface area contributed by atoms with Crippen LogP contribution in [0.15, 0.2) is 29.6 Å². The van der Waals surface area contributed by atoms with E-state index in [4.69, 9.17) is 9.72 Å². The summed E-state index contributed by atoms with van der Waals surface area (Å²) in [5.74, 6) is 1.68. The first-order chi connectivity index (χ1) is 9.74. The first kappa shape index (κ1) is 13.6. The smallest absolute Gasteiger partial charge is 0.119 e. The molecule has 3 nitrogen and oxygen atoms in total. The molecule has 1 saturated carbocycles. The summed E-state index contributed by atoms with van der Waals surface area (Å²) in [4.78, 5) is 7.03. The van der Waals surface area contributed by atoms with Crippen LogP contribution in [-0.2, 0) is 13.1 Å². The van der Waals surface area contributed by atoms with Crippen molar-refractivity contribution in [3.63, 3.8) is 0 Å². The second kappa shape index (κ2) is 5.94. The zero-order valence-electron chi connectivity index (χ0n) is 12.0. The Labute approximate surface area is 124 Å². The molecule has 3 rings (SSSR count). The van der Waals surface area contributed by atoms with E-state index in [1.165, 1.54) is 29.1 Å². The fourth-order valence-electron chi connectivity index (χ4n) is 2.33. The highest BCUT2D eigenvalue weighted by atomic mass is 32.1. The highest BCUT2D eigenvalue weighted by molar-refractivity contribution is 7.09. The van der Waals surface area contributed by atoms with Crippen molar-refractivity contribution in [2.45, 2.75) is 31.8 Å². The standard InChI is InChI=1S/C16H20N2OS/c1-18(9-12-4-3-5-15(8-12)19-2)10-14-11-20-16(17-14)13-6-7-13/h3-5,8,11,13H,6-7,9-10H2,1-2H3. The molecule has 0 bridgehead atoms. The van der Waals surface area contributed by atoms with Crippen LogP contribution in [0.1, 0.15) is 35.0 Å². The minimum absolute atomic E-state index is 0.762. The number of rotatable bonds is 6. The number of hydrogen-bond acceptors (Lipinski definition) is 4. The molecule has 0 unspecified atom stereocenters. The van der Waals surface area contributed by atoms with E-state index in [0.717, 1.165) is 24.8 Å². The lowest BCUT2D eigenvalue weighted by molar-refractivity contribution is 0.314. The van der Waals surface area contributed by atoms with Gasteiger partial charge in [0.05, 0.1) is 17.8 Å². The predicted molar refractivity (Wildman–Crippen MR) is 82.3 cm³/mol. The molecule has 4 heteroatoms. The van der Waals surface area contributed by atoms with Gasteiger partial charge < -0.3 is 4.74 Å². The molecule has 1 aliphatic carbocycles. The summed E-state index contributed by atoms with van der Waals surface area (Å²) >= 11 is 1.82. The number of benzene rings is 1. The first-order valence-corrected chi connectivity index (χ1v) is 7.88. The number of nitrogens with zero attached hydrogens (tertiary/aromatic N) is 2. The maximum atomic E-state index is 5.26. The molecule has 2 aromatic rings. The monoisotopic (exact) mass is 288 g/mol. The van der Waals surface area contributed by atoms with Crippen LogP contribution < -0.4 is 4.74 Å². The van der Waals surface area contributed by atoms with Crippen LogP contribution in [0.4, 0.5) is 0 Å². The summed E-state index contributed by atoms with van der Waals surface area (Å²) in [5.41, 5.74) is 2.46. The van der Waals surface area contributed by atoms with E-state index in [-0.39, 0.29) is 0 Å². The number of hydrogen-bond donors (Lipinski definition) is 0. The molecule has 0 radical (unpaired) electrons. The zero-order chi connectivity index (χ0) is 13.9. The summed E-state index contributed by atoms with van der Waals surface area (Å²) in [6.07, 6.45) is 2.65. The van der Waals surface area contributed by atoms with Crippen molar-refractivity contribution in [1.29, 1.82) is 0 Å². The Morgan fingerprint density at radius 1 is 1.35 bits per heavy atom. The van der Waals surface area contributed by atoms with Crippen molar-refractivity contribution in [1.82, 2.24) is 9.88 Å². The van der Waals surface area contributed by atoms with Crippen LogP contribution in [0.5, 0.6) is 5.75 Å². The Bertz CT molecular complexity index is 577. The van der Waals surface area contributed by atoms with Crippen LogP contribution in [0.2, 0.25) is 0 Å². The number of methoxy groups -OCH3 is 1. The minimum Gasteiger partial charge on any atom is -0.497 e. The Morgan fingerprint density at radius 2 is 2.20 bits per heavy atom. The Kier molecular flexibility index (Phi) is 4.03. The molecule has 1 aromatic carbocycles. The van der Waals surface area contributed by atoms with Gasteiger partial charge in [-0.15, -0.1) is 11.3 Å². The van der Waals surface area contributed by atoms with E-state index >= 15 is 0 Å². The second-order valence-corrected chi connectivity index (χ2v) is 6.36. The van der Waals surface area contributed by atoms with Crippen LogP contribution in [0.3, 0.4) is 0 Å². The highest BCUT2D eigenvalue weighted by Crippen LogP contribution is 2.41. The third-order valence-electron chi connectivity index (χ3n) is 3.51. The van der Waals surface area contributed by atoms with E-state index in [9.17, 15) is 0 Å². The van der Waals surface area contributed by atoms with Gasteiger partial charge in [-0.3, -0.25) is 4.90 Å². The van der Waals surface area contributed by atoms with E-state index in [1.807, 2.05) is 23.5 Å². The van der Waals surface area contributed by atoms with E-state index in [2.05, 4.69) is 29.5 Å². The lowest BCUT2D eigenvalue weighted by atomic mass is 10.2. The molecule has 0 aliphatic heterocycles. The quantitative estimate of drug-likeness (QED) is 0.811. The van der Waals surface area contributed by atoms with Crippen LogP contribution in [-0.4, -0.2) is 24.0 Å². The van der Waals surface area contributed by atoms with Crippen molar-refractivity contribution in [2.75, 3.05) is 14.2 Å². The fraction of sp³-hybridized carbons (Fsp3) is 0.438. The van der Waals surface area contributed by atoms with Gasteiger partial charge in [-0.05, 0) is 37.6 Å². The van der Waals surface area contributed by atoms with Gasteiger partial charge >= 0.3 is 0 Å². The minimum atomic E-state index is 0.762. The third-order valence-corrected chi connectivity index (χ3v) is 4.57. The van der Waals surface area contributed by atoms with Gasteiger partial charge in [0.1, 0.15) is 5.75 Å². The fourth-order valence-corrected chi connectivity index (χ4v) is 3.31. The van der Waals surface area contributed by atoms with Gasteiger partial charge in [0.25, 0.3) is 0 Å². The maximum absolute atomic E-state index is 5.26. The highest BCUT2D eigenvalue weighted by Gasteiger charge is 2.26. The predicted octanol–water partition coefficient (Wildman–Crippen LogP) is 3.66. The van der Waals surface area contributed by atoms with Crippen LogP contribution >= 0.6 is 11.3 Å². The van der Waals surface area contributed by atoms with Gasteiger partial charge in [-0.25, -0.2) is 4.98 Å². The van der Waals surface area contributed by atoms with Gasteiger partial charge in [0, 0.05) is 24.4 Å². The van der Waals surface area contributed by atoms with Gasteiger partial charge in [0.2, 0.25) is 0 Å². The maximum Gasteiger partial charge on any atom is 0.119 e. The third kappa shape index (κ3) is 3.38. The number of thiazole rings is 1. The van der Waals surface area contributed by atoms with Crippen molar-refractivity contribution in [2.24, 2.45) is 0 Å². The second-order valence-electron chi connectivity index (χ2n) is 5.48. The van der Waals surface area contributed by atoms with Gasteiger partial charge in [-0.2, -0.15) is 0 Å². The molecular formula is C16H20N2OS. The van der Waals surface area contributed by atoms with Crippen molar-refractivity contribution in [3.05, 3.63) is 45.9 Å². The SMILES string of the molecule is COc1cccc(CN(C)Cc2csc(C3CC3)n2)c1. The average Bonchev–Trinajstić information content (AvgIpc) is 3.20. The molecule has 0 amide bonds. The summed E-state index contributed by atoms with van der Waals surface area (Å²) in [6, 6.07) is 8.24. The Hall–Kier alpha value is -1.39. The summed E-state index contributed by atoms with van der Waals surface area (Å²) < 4.78 is 5.26. The van der Waals surface area contributed by atoms with Crippen molar-refractivity contribution >= 4 is 11.3 Å². The van der Waals surface area contributed by atoms with Gasteiger partial charge in [0.15, 0.2) is 0 Å². The average molecular weight is 288 g/mol. The van der Waals surface area contributed by atoms with Crippen molar-refractivity contribution in [3.8, 4) is 5.75 Å². The molecule has 0 atom stereocenters. The lowest BCUT2D eigenvalue weighted by Crippen LogP contribution is -2.17. The summed E-state index contributed by atoms with van der Waals surface area (Å²) in [6.45, 7) is 1.81. The molecule has 1 fully saturated rings. The Balaban J connectivity index is 1.58. The lowest BCUT2D eigenvalue weighted by Gasteiger charge is -2.15. The largest absolute Gasteiger partial charge is 0.497 e. The van der Waals surface area contributed by atoms with Crippen LogP contribution in [0.25, 0.3) is 0 Å². The molecule has 1 heterocycles. The van der Waals surface area contributed by atoms with Gasteiger partial charge in [-0.1, -0.05) is 12.1 Å². The molecule has 1 aliphatic rings. The molecule has 0 N–H and O–H groups in total. The number of aromatic nitrogens is 1. The molecule has 1 aromatic heterocycles. The zero-order valence-corrected chi connectivity index (χ0v) is 12.8. The molecule has 20 heavy (non-hydrogen) atoms. The topological polar surface area (TPSA) is 25.4 Å². The molecule has 0 saturated heterocycles. The molecule has 106 valence electrons. The molecular weight excluding hydrogens is 268 g/mol. The Morgan fingerprint density at radius 3 is 2.95 bits per heavy atom. The van der Waals surface area contributed by atoms with E-state index in [1.54, 1.807) is 7.11 Å². The summed E-state index contributed by atoms with van der Waals surface area (Å²) in [7, 11) is 3.84. The van der Waals surface area contributed by atoms with E-state index in [0.29, 0.717) is 0 Å². The first-order valence-electron chi connectivity index (χ1n) is 7.00. The van der Waals surface area contributed by atoms with Crippen molar-refractivity contribution < 1.29 is 4.74 Å². The molecule has 0 spiro atoms. The van der Waals surface area contributed by atoms with Crippen LogP contribution in [0, 0.1) is 0 Å². The normalized spacial score (nSPS) is 14.8. The van der Waals surface area contributed by atoms with E-state index < -0.39 is 0 Å². The number of ether oxygens (including phenoxy) is 1.